The van der Waals surface area contributed by atoms with Crippen LogP contribution in [0.2, 0.25) is 0 Å². The van der Waals surface area contributed by atoms with Crippen LogP contribution in [0, 0.1) is 0 Å². The van der Waals surface area contributed by atoms with Crippen molar-refractivity contribution in [3.05, 3.63) is 23.8 Å². The number of nitrogens with zero attached hydrogens (tertiary/aromatic N) is 4. The van der Waals surface area contributed by atoms with E-state index in [0.29, 0.717) is 0 Å². The highest BCUT2D eigenvalue weighted by Crippen LogP contribution is 2.29. The molecule has 0 aliphatic carbocycles. The molecule has 0 radical (unpaired) electrons. The third kappa shape index (κ3) is 0.975. The summed E-state index contributed by atoms with van der Waals surface area (Å²) in [6.07, 6.45) is 4.72. The van der Waals surface area contributed by atoms with Crippen molar-refractivity contribution in [3.8, 4) is 0 Å². The lowest BCUT2D eigenvalue weighted by Gasteiger charge is -2.01. The molecule has 0 fully saturated rings. The molecule has 2 aliphatic heterocycles. The van der Waals surface area contributed by atoms with Crippen LogP contribution >= 0.6 is 0 Å². The molecule has 0 N–H and O–H groups in total. The number of aryl methyl sites for hydroxylation is 4. The van der Waals surface area contributed by atoms with Crippen LogP contribution in [-0.4, -0.2) is 19.1 Å². The molecule has 1 aromatic carbocycles. The third-order valence-electron chi connectivity index (χ3n) is 4.34. The highest BCUT2D eigenvalue weighted by Gasteiger charge is 2.20. The average Bonchev–Trinajstić information content (AvgIpc) is 3.04. The zero-order valence-corrected chi connectivity index (χ0v) is 10.2. The Bertz CT molecular complexity index is 729. The standard InChI is InChI=1S/C14H14N4/c1-3-13-15-9-7-10-12(8-11(9)17(13)5-1)18-6-2-4-14(18)16-10/h7-8H,1-6H2. The molecule has 0 bridgehead atoms. The first-order chi connectivity index (χ1) is 8.90. The number of hydrogen-bond donors (Lipinski definition) is 0. The highest BCUT2D eigenvalue weighted by atomic mass is 15.1. The Hall–Kier alpha value is -1.84. The summed E-state index contributed by atoms with van der Waals surface area (Å²) in [4.78, 5) is 9.48. The maximum Gasteiger partial charge on any atom is 0.109 e. The predicted octanol–water partition coefficient (Wildman–Crippen LogP) is 2.28. The van der Waals surface area contributed by atoms with Gasteiger partial charge in [0.15, 0.2) is 0 Å². The van der Waals surface area contributed by atoms with Crippen LogP contribution in [-0.2, 0) is 25.9 Å². The van der Waals surface area contributed by atoms with Crippen molar-refractivity contribution in [2.24, 2.45) is 0 Å². The van der Waals surface area contributed by atoms with Gasteiger partial charge < -0.3 is 9.13 Å². The van der Waals surface area contributed by atoms with Crippen LogP contribution in [0.5, 0.6) is 0 Å². The second-order valence-corrected chi connectivity index (χ2v) is 5.40. The van der Waals surface area contributed by atoms with E-state index < -0.39 is 0 Å². The summed E-state index contributed by atoms with van der Waals surface area (Å²) in [6, 6.07) is 4.47. The fourth-order valence-electron chi connectivity index (χ4n) is 3.51. The van der Waals surface area contributed by atoms with Gasteiger partial charge in [-0.25, -0.2) is 9.97 Å². The minimum absolute atomic E-state index is 1.12. The summed E-state index contributed by atoms with van der Waals surface area (Å²) in [7, 11) is 0. The van der Waals surface area contributed by atoms with Crippen molar-refractivity contribution in [1.29, 1.82) is 0 Å². The SMILES string of the molecule is c1c2nc3n(c2cc2c1nc1n2CCC1)CCC3. The van der Waals surface area contributed by atoms with E-state index in [0.717, 1.165) is 37.0 Å². The molecule has 5 rings (SSSR count). The van der Waals surface area contributed by atoms with Crippen molar-refractivity contribution in [3.63, 3.8) is 0 Å². The van der Waals surface area contributed by atoms with E-state index in [1.54, 1.807) is 0 Å². The predicted molar refractivity (Wildman–Crippen MR) is 69.7 cm³/mol. The zero-order chi connectivity index (χ0) is 11.7. The van der Waals surface area contributed by atoms with Crippen molar-refractivity contribution in [2.75, 3.05) is 0 Å². The minimum atomic E-state index is 1.12. The van der Waals surface area contributed by atoms with Crippen molar-refractivity contribution >= 4 is 22.1 Å². The van der Waals surface area contributed by atoms with E-state index in [4.69, 9.17) is 9.97 Å². The van der Waals surface area contributed by atoms with Gasteiger partial charge in [0.2, 0.25) is 0 Å². The lowest BCUT2D eigenvalue weighted by Crippen LogP contribution is -1.93. The molecule has 3 aromatic rings. The Balaban J connectivity index is 1.92. The molecule has 2 aromatic heterocycles. The Kier molecular flexibility index (Phi) is 1.49. The van der Waals surface area contributed by atoms with Gasteiger partial charge in [0.05, 0.1) is 22.1 Å². The van der Waals surface area contributed by atoms with Gasteiger partial charge in [-0.05, 0) is 25.0 Å². The van der Waals surface area contributed by atoms with Gasteiger partial charge in [0.1, 0.15) is 11.6 Å². The molecule has 0 unspecified atom stereocenters. The minimum Gasteiger partial charge on any atom is -0.328 e. The van der Waals surface area contributed by atoms with E-state index in [1.165, 1.54) is 35.5 Å². The van der Waals surface area contributed by atoms with Crippen LogP contribution < -0.4 is 0 Å². The fourth-order valence-corrected chi connectivity index (χ4v) is 3.51. The molecule has 0 saturated heterocycles. The molecular formula is C14H14N4. The van der Waals surface area contributed by atoms with Crippen molar-refractivity contribution in [2.45, 2.75) is 38.8 Å². The average molecular weight is 238 g/mol. The molecule has 4 heteroatoms. The van der Waals surface area contributed by atoms with Crippen molar-refractivity contribution < 1.29 is 0 Å². The Labute approximate surface area is 104 Å². The summed E-state index contributed by atoms with van der Waals surface area (Å²) < 4.78 is 4.76. The number of rotatable bonds is 0. The van der Waals surface area contributed by atoms with Crippen molar-refractivity contribution in [1.82, 2.24) is 19.1 Å². The van der Waals surface area contributed by atoms with Gasteiger partial charge >= 0.3 is 0 Å². The summed E-state index contributed by atoms with van der Waals surface area (Å²) in [6.45, 7) is 2.25. The van der Waals surface area contributed by atoms with E-state index in [-0.39, 0.29) is 0 Å². The monoisotopic (exact) mass is 238 g/mol. The van der Waals surface area contributed by atoms with Crippen LogP contribution in [0.15, 0.2) is 12.1 Å². The van der Waals surface area contributed by atoms with E-state index in [9.17, 15) is 0 Å². The number of aromatic nitrogens is 4. The first kappa shape index (κ1) is 9.14. The van der Waals surface area contributed by atoms with Gasteiger partial charge in [-0.15, -0.1) is 0 Å². The molecule has 0 amide bonds. The van der Waals surface area contributed by atoms with Crippen LogP contribution in [0.25, 0.3) is 22.1 Å². The van der Waals surface area contributed by atoms with Crippen LogP contribution in [0.4, 0.5) is 0 Å². The van der Waals surface area contributed by atoms with Gasteiger partial charge in [-0.1, -0.05) is 0 Å². The number of hydrogen-bond acceptors (Lipinski definition) is 2. The third-order valence-corrected chi connectivity index (χ3v) is 4.34. The van der Waals surface area contributed by atoms with E-state index in [2.05, 4.69) is 21.3 Å². The van der Waals surface area contributed by atoms with E-state index in [1.807, 2.05) is 0 Å². The van der Waals surface area contributed by atoms with Gasteiger partial charge in [0, 0.05) is 25.9 Å². The Morgan fingerprint density at radius 3 is 1.89 bits per heavy atom. The Morgan fingerprint density at radius 1 is 0.778 bits per heavy atom. The molecule has 4 nitrogen and oxygen atoms in total. The lowest BCUT2D eigenvalue weighted by molar-refractivity contribution is 0.766. The number of fused-ring (bicyclic) bond motifs is 6. The second kappa shape index (κ2) is 2.94. The molecule has 0 atom stereocenters. The normalized spacial score (nSPS) is 17.8. The molecule has 0 spiro atoms. The molecule has 2 aliphatic rings. The first-order valence-corrected chi connectivity index (χ1v) is 6.78. The first-order valence-electron chi connectivity index (χ1n) is 6.78. The van der Waals surface area contributed by atoms with Crippen LogP contribution in [0.1, 0.15) is 24.5 Å². The van der Waals surface area contributed by atoms with Gasteiger partial charge in [0.25, 0.3) is 0 Å². The topological polar surface area (TPSA) is 35.6 Å². The molecule has 18 heavy (non-hydrogen) atoms. The maximum atomic E-state index is 4.74. The van der Waals surface area contributed by atoms with Gasteiger partial charge in [-0.2, -0.15) is 0 Å². The molecule has 90 valence electrons. The fraction of sp³-hybridized carbons (Fsp3) is 0.429. The molecule has 0 saturated carbocycles. The zero-order valence-electron chi connectivity index (χ0n) is 10.2. The number of imidazole rings is 2. The highest BCUT2D eigenvalue weighted by molar-refractivity contribution is 5.92. The summed E-state index contributed by atoms with van der Waals surface area (Å²) in [5.41, 5.74) is 4.83. The van der Waals surface area contributed by atoms with E-state index >= 15 is 0 Å². The summed E-state index contributed by atoms with van der Waals surface area (Å²) in [5.74, 6) is 2.50. The van der Waals surface area contributed by atoms with Gasteiger partial charge in [-0.3, -0.25) is 0 Å². The smallest absolute Gasteiger partial charge is 0.109 e. The molecule has 4 heterocycles. The second-order valence-electron chi connectivity index (χ2n) is 5.40. The summed E-state index contributed by atoms with van der Waals surface area (Å²) >= 11 is 0. The quantitative estimate of drug-likeness (QED) is 0.602. The lowest BCUT2D eigenvalue weighted by atomic mass is 10.2. The molecular weight excluding hydrogens is 224 g/mol. The number of benzene rings is 1. The Morgan fingerprint density at radius 2 is 1.33 bits per heavy atom. The van der Waals surface area contributed by atoms with Crippen LogP contribution in [0.3, 0.4) is 0 Å². The summed E-state index contributed by atoms with van der Waals surface area (Å²) in [5, 5.41) is 0. The largest absolute Gasteiger partial charge is 0.328 e. The maximum absolute atomic E-state index is 4.74.